The van der Waals surface area contributed by atoms with E-state index in [0.717, 1.165) is 64.9 Å². The van der Waals surface area contributed by atoms with Crippen molar-refractivity contribution in [2.45, 2.75) is 80.8 Å². The Balaban J connectivity index is 1.31. The molecular formula is C30H47ClFN9O. The monoisotopic (exact) mass is 603 g/mol. The van der Waals surface area contributed by atoms with Crippen LogP contribution >= 0.6 is 11.6 Å². The molecule has 12 heteroatoms. The summed E-state index contributed by atoms with van der Waals surface area (Å²) in [4.78, 5) is 25.1. The van der Waals surface area contributed by atoms with Crippen molar-refractivity contribution in [1.29, 1.82) is 0 Å². The molecule has 4 unspecified atom stereocenters. The smallest absolute Gasteiger partial charge is 0.259 e. The summed E-state index contributed by atoms with van der Waals surface area (Å²) in [5, 5.41) is 11.1. The predicted octanol–water partition coefficient (Wildman–Crippen LogP) is 2.57. The maximum absolute atomic E-state index is 13.9. The highest BCUT2D eigenvalue weighted by Crippen LogP contribution is 2.42. The first-order chi connectivity index (χ1) is 20.3. The summed E-state index contributed by atoms with van der Waals surface area (Å²) in [6, 6.07) is 0.171. The first kappa shape index (κ1) is 30.0. The molecule has 5 heterocycles. The Morgan fingerprint density at radius 1 is 1.07 bits per heavy atom. The Bertz CT molecular complexity index is 1230. The molecule has 0 aromatic carbocycles. The summed E-state index contributed by atoms with van der Waals surface area (Å²) in [5.74, 6) is -0.498. The first-order valence-corrected chi connectivity index (χ1v) is 16.4. The van der Waals surface area contributed by atoms with Crippen LogP contribution in [0.15, 0.2) is 12.4 Å². The zero-order chi connectivity index (χ0) is 29.3. The number of likely N-dealkylation sites (N-methyl/N-ethyl adjacent to an activating group) is 1. The number of hydrogen-bond acceptors (Lipinski definition) is 8. The van der Waals surface area contributed by atoms with Gasteiger partial charge in [-0.05, 0) is 25.8 Å². The van der Waals surface area contributed by atoms with Crippen molar-refractivity contribution in [3.8, 4) is 0 Å². The van der Waals surface area contributed by atoms with Gasteiger partial charge in [0.05, 0.1) is 29.4 Å². The summed E-state index contributed by atoms with van der Waals surface area (Å²) in [7, 11) is 2.20. The number of fused-ring (bicyclic) bond motifs is 2. The van der Waals surface area contributed by atoms with Crippen LogP contribution in [0.2, 0.25) is 0 Å². The fourth-order valence-corrected chi connectivity index (χ4v) is 8.71. The maximum Gasteiger partial charge on any atom is 0.259 e. The number of carbonyl (C=O) groups is 1. The lowest BCUT2D eigenvalue weighted by Gasteiger charge is -2.56. The van der Waals surface area contributed by atoms with Gasteiger partial charge in [-0.3, -0.25) is 14.6 Å². The molecule has 4 atom stereocenters. The van der Waals surface area contributed by atoms with Gasteiger partial charge in [0.2, 0.25) is 0 Å². The molecule has 4 aliphatic rings. The topological polar surface area (TPSA) is 107 Å². The molecule has 2 aromatic rings. The molecule has 232 valence electrons. The fourth-order valence-electron chi connectivity index (χ4n) is 8.11. The van der Waals surface area contributed by atoms with Crippen LogP contribution in [-0.2, 0) is 0 Å². The molecule has 1 saturated carbocycles. The second kappa shape index (κ2) is 12.9. The van der Waals surface area contributed by atoms with E-state index in [2.05, 4.69) is 42.5 Å². The normalized spacial score (nSPS) is 31.5. The van der Waals surface area contributed by atoms with E-state index < -0.39 is 10.7 Å². The Morgan fingerprint density at radius 3 is 2.52 bits per heavy atom. The quantitative estimate of drug-likeness (QED) is 0.458. The number of alkyl halides is 1. The van der Waals surface area contributed by atoms with Crippen LogP contribution in [0.3, 0.4) is 0 Å². The van der Waals surface area contributed by atoms with E-state index in [9.17, 15) is 9.18 Å². The van der Waals surface area contributed by atoms with Gasteiger partial charge in [0, 0.05) is 58.4 Å². The number of piperidine rings is 1. The number of halogens is 2. The van der Waals surface area contributed by atoms with Gasteiger partial charge in [-0.2, -0.15) is 0 Å². The standard InChI is InChI=1S/C30H47ClFN9O/c1-38-11-12-39-13-14-40(19-23(39)18-38)26-24(36-29(42)25-27(33)37-41-17-22(32)15-35-28(25)41)16-34-20-30(26,31)21-9-7-5-3-2-4-6-8-10-21/h15,17,21,23-24,26,34H,2-14,16,18-20H2,1H3,(H2,33,37)(H,36,42). The molecule has 3 aliphatic heterocycles. The van der Waals surface area contributed by atoms with Crippen molar-refractivity contribution in [3.63, 3.8) is 0 Å². The van der Waals surface area contributed by atoms with Gasteiger partial charge in [0.25, 0.3) is 5.91 Å². The van der Waals surface area contributed by atoms with Crippen LogP contribution in [0.4, 0.5) is 10.2 Å². The third-order valence-electron chi connectivity index (χ3n) is 10.2. The number of amides is 1. The van der Waals surface area contributed by atoms with Crippen molar-refractivity contribution < 1.29 is 9.18 Å². The van der Waals surface area contributed by atoms with Gasteiger partial charge in [-0.25, -0.2) is 13.9 Å². The number of nitrogens with two attached hydrogens (primary N) is 1. The van der Waals surface area contributed by atoms with Crippen molar-refractivity contribution >= 4 is 29.0 Å². The molecule has 0 radical (unpaired) electrons. The van der Waals surface area contributed by atoms with Crippen molar-refractivity contribution in [2.75, 3.05) is 65.1 Å². The number of hydrogen-bond donors (Lipinski definition) is 3. The molecule has 4 N–H and O–H groups in total. The molecule has 6 rings (SSSR count). The van der Waals surface area contributed by atoms with E-state index in [1.54, 1.807) is 0 Å². The molecule has 42 heavy (non-hydrogen) atoms. The summed E-state index contributed by atoms with van der Waals surface area (Å²) >= 11 is 7.95. The highest BCUT2D eigenvalue weighted by molar-refractivity contribution is 6.25. The van der Waals surface area contributed by atoms with Gasteiger partial charge in [-0.1, -0.05) is 44.9 Å². The lowest BCUT2D eigenvalue weighted by molar-refractivity contribution is -0.0249. The van der Waals surface area contributed by atoms with E-state index in [1.165, 1.54) is 55.7 Å². The highest BCUT2D eigenvalue weighted by Gasteiger charge is 2.53. The van der Waals surface area contributed by atoms with Crippen LogP contribution < -0.4 is 16.4 Å². The summed E-state index contributed by atoms with van der Waals surface area (Å²) in [6.45, 7) is 7.45. The summed E-state index contributed by atoms with van der Waals surface area (Å²) in [5.41, 5.74) is 6.61. The minimum absolute atomic E-state index is 0.0363. The Kier molecular flexibility index (Phi) is 9.21. The van der Waals surface area contributed by atoms with E-state index in [-0.39, 0.29) is 35.0 Å². The second-order valence-electron chi connectivity index (χ2n) is 13.1. The van der Waals surface area contributed by atoms with E-state index in [4.69, 9.17) is 17.3 Å². The third-order valence-corrected chi connectivity index (χ3v) is 10.9. The van der Waals surface area contributed by atoms with E-state index in [0.29, 0.717) is 18.5 Å². The number of nitrogens with zero attached hydrogens (tertiary/aromatic N) is 6. The molecule has 2 aromatic heterocycles. The molecule has 1 amide bonds. The molecular weight excluding hydrogens is 557 g/mol. The molecule has 1 aliphatic carbocycles. The van der Waals surface area contributed by atoms with Crippen molar-refractivity contribution in [2.24, 2.45) is 5.92 Å². The molecule has 4 fully saturated rings. The van der Waals surface area contributed by atoms with E-state index in [1.807, 2.05) is 0 Å². The van der Waals surface area contributed by atoms with Gasteiger partial charge in [-0.15, -0.1) is 16.7 Å². The highest BCUT2D eigenvalue weighted by atomic mass is 35.5. The van der Waals surface area contributed by atoms with Gasteiger partial charge in [0.15, 0.2) is 17.3 Å². The average Bonchev–Trinajstić information content (AvgIpc) is 3.30. The van der Waals surface area contributed by atoms with Crippen LogP contribution in [0, 0.1) is 11.7 Å². The van der Waals surface area contributed by atoms with Crippen molar-refractivity contribution in [3.05, 3.63) is 23.8 Å². The maximum atomic E-state index is 13.9. The van der Waals surface area contributed by atoms with Crippen LogP contribution in [0.25, 0.3) is 5.65 Å². The van der Waals surface area contributed by atoms with Crippen LogP contribution in [-0.4, -0.2) is 118 Å². The summed E-state index contributed by atoms with van der Waals surface area (Å²) < 4.78 is 15.1. The number of carbonyl (C=O) groups excluding carboxylic acids is 1. The SMILES string of the molecule is CN1CCN2CCN(C3C(NC(=O)c4c(N)nn5cc(F)cnc45)CNCC3(Cl)C3CCCCCCCCC3)CC2C1. The van der Waals surface area contributed by atoms with Crippen LogP contribution in [0.1, 0.15) is 68.1 Å². The number of aromatic nitrogens is 3. The Labute approximate surface area is 253 Å². The minimum atomic E-state index is -0.543. The van der Waals surface area contributed by atoms with Gasteiger partial charge in [0.1, 0.15) is 5.56 Å². The van der Waals surface area contributed by atoms with E-state index >= 15 is 0 Å². The summed E-state index contributed by atoms with van der Waals surface area (Å²) in [6.07, 6.45) is 13.4. The first-order valence-electron chi connectivity index (χ1n) is 16.0. The van der Waals surface area contributed by atoms with Gasteiger partial charge >= 0.3 is 0 Å². The Morgan fingerprint density at radius 2 is 1.76 bits per heavy atom. The average molecular weight is 604 g/mol. The number of rotatable bonds is 4. The zero-order valence-corrected chi connectivity index (χ0v) is 25.7. The lowest BCUT2D eigenvalue weighted by Crippen LogP contribution is -2.74. The fraction of sp³-hybridized carbons (Fsp3) is 0.767. The molecule has 10 nitrogen and oxygen atoms in total. The third kappa shape index (κ3) is 6.13. The lowest BCUT2D eigenvalue weighted by atomic mass is 9.73. The molecule has 0 spiro atoms. The molecule has 3 saturated heterocycles. The minimum Gasteiger partial charge on any atom is -0.381 e. The van der Waals surface area contributed by atoms with Crippen molar-refractivity contribution in [1.82, 2.24) is 39.9 Å². The number of anilines is 1. The zero-order valence-electron chi connectivity index (χ0n) is 24.9. The second-order valence-corrected chi connectivity index (χ2v) is 13.8. The largest absolute Gasteiger partial charge is 0.381 e. The van der Waals surface area contributed by atoms with Crippen LogP contribution in [0.5, 0.6) is 0 Å². The Hall–Kier alpha value is -2.05. The number of piperazine rings is 2. The number of nitrogen functional groups attached to an aromatic ring is 1. The predicted molar refractivity (Wildman–Crippen MR) is 163 cm³/mol. The van der Waals surface area contributed by atoms with Gasteiger partial charge < -0.3 is 21.3 Å². The molecule has 0 bridgehead atoms. The number of nitrogens with one attached hydrogen (secondary N) is 2.